The second kappa shape index (κ2) is 6.81. The van der Waals surface area contributed by atoms with Crippen molar-refractivity contribution in [1.29, 1.82) is 0 Å². The van der Waals surface area contributed by atoms with Crippen molar-refractivity contribution in [2.24, 2.45) is 0 Å². The first-order chi connectivity index (χ1) is 13.0. The van der Waals surface area contributed by atoms with Gasteiger partial charge in [-0.2, -0.15) is 0 Å². The van der Waals surface area contributed by atoms with Crippen molar-refractivity contribution in [1.82, 2.24) is 9.21 Å². The molecule has 1 saturated heterocycles. The highest BCUT2D eigenvalue weighted by molar-refractivity contribution is 7.89. The Morgan fingerprint density at radius 2 is 1.59 bits per heavy atom. The van der Waals surface area contributed by atoms with E-state index in [2.05, 4.69) is 0 Å². The van der Waals surface area contributed by atoms with E-state index in [-0.39, 0.29) is 23.6 Å². The van der Waals surface area contributed by atoms with E-state index in [1.807, 2.05) is 24.3 Å². The molecule has 2 heterocycles. The van der Waals surface area contributed by atoms with Gasteiger partial charge in [0.05, 0.1) is 4.90 Å². The van der Waals surface area contributed by atoms with E-state index in [4.69, 9.17) is 0 Å². The number of nitrogens with zero attached hydrogens (tertiary/aromatic N) is 2. The van der Waals surface area contributed by atoms with Crippen LogP contribution in [-0.4, -0.2) is 42.0 Å². The number of hydrogen-bond donors (Lipinski definition) is 0. The van der Waals surface area contributed by atoms with Crippen molar-refractivity contribution in [3.63, 3.8) is 0 Å². The molecule has 0 bridgehead atoms. The number of fused-ring (bicyclic) bond motifs is 1. The molecule has 4 rings (SSSR count). The largest absolute Gasteiger partial charge is 0.336 e. The van der Waals surface area contributed by atoms with Gasteiger partial charge in [-0.1, -0.05) is 42.5 Å². The minimum atomic E-state index is -4.04. The third-order valence-electron chi connectivity index (χ3n) is 5.19. The molecule has 7 heteroatoms. The van der Waals surface area contributed by atoms with E-state index in [1.165, 1.54) is 17.7 Å². The fourth-order valence-electron chi connectivity index (χ4n) is 3.79. The van der Waals surface area contributed by atoms with Crippen molar-refractivity contribution in [2.75, 3.05) is 6.54 Å². The van der Waals surface area contributed by atoms with Crippen molar-refractivity contribution >= 4 is 21.8 Å². The summed E-state index contributed by atoms with van der Waals surface area (Å²) >= 11 is 0. The molecule has 2 amide bonds. The summed E-state index contributed by atoms with van der Waals surface area (Å²) in [5, 5.41) is 0. The van der Waals surface area contributed by atoms with Crippen LogP contribution in [0.25, 0.3) is 0 Å². The van der Waals surface area contributed by atoms with Gasteiger partial charge in [-0.25, -0.2) is 12.7 Å². The van der Waals surface area contributed by atoms with E-state index < -0.39 is 22.0 Å². The van der Waals surface area contributed by atoms with Crippen LogP contribution in [0.15, 0.2) is 59.5 Å². The van der Waals surface area contributed by atoms with Gasteiger partial charge in [-0.05, 0) is 36.1 Å². The summed E-state index contributed by atoms with van der Waals surface area (Å²) in [6.07, 6.45) is 1.02. The molecule has 0 radical (unpaired) electrons. The highest BCUT2D eigenvalue weighted by Crippen LogP contribution is 2.29. The van der Waals surface area contributed by atoms with Crippen LogP contribution in [-0.2, 0) is 32.6 Å². The van der Waals surface area contributed by atoms with E-state index >= 15 is 0 Å². The Kier molecular flexibility index (Phi) is 4.47. The Hall–Kier alpha value is -2.67. The Balaban J connectivity index is 1.61. The van der Waals surface area contributed by atoms with Crippen molar-refractivity contribution in [2.45, 2.75) is 36.7 Å². The van der Waals surface area contributed by atoms with Gasteiger partial charge >= 0.3 is 0 Å². The highest BCUT2D eigenvalue weighted by Gasteiger charge is 2.45. The fraction of sp³-hybridized carbons (Fsp3) is 0.300. The topological polar surface area (TPSA) is 74.8 Å². The SMILES string of the molecule is O=C([C@@H]1CCC(=O)N1S(=O)(=O)c1ccccc1)N1CCc2ccccc2C1. The third-order valence-corrected chi connectivity index (χ3v) is 7.03. The van der Waals surface area contributed by atoms with Gasteiger partial charge in [0.1, 0.15) is 6.04 Å². The zero-order chi connectivity index (χ0) is 19.0. The lowest BCUT2D eigenvalue weighted by Crippen LogP contribution is -2.50. The quantitative estimate of drug-likeness (QED) is 0.811. The van der Waals surface area contributed by atoms with Crippen LogP contribution in [0.4, 0.5) is 0 Å². The van der Waals surface area contributed by atoms with Crippen LogP contribution < -0.4 is 0 Å². The standard InChI is InChI=1S/C20H20N2O4S/c23-19-11-10-18(22(19)27(25,26)17-8-2-1-3-9-17)20(24)21-13-12-15-6-4-5-7-16(15)14-21/h1-9,18H,10-14H2/t18-/m0/s1. The van der Waals surface area contributed by atoms with Crippen LogP contribution >= 0.6 is 0 Å². The molecule has 0 saturated carbocycles. The van der Waals surface area contributed by atoms with Crippen LogP contribution in [0.5, 0.6) is 0 Å². The molecule has 6 nitrogen and oxygen atoms in total. The molecule has 0 aliphatic carbocycles. The lowest BCUT2D eigenvalue weighted by Gasteiger charge is -2.33. The smallest absolute Gasteiger partial charge is 0.267 e. The monoisotopic (exact) mass is 384 g/mol. The van der Waals surface area contributed by atoms with Crippen molar-refractivity contribution in [3.05, 3.63) is 65.7 Å². The average molecular weight is 384 g/mol. The molecule has 0 N–H and O–H groups in total. The zero-order valence-corrected chi connectivity index (χ0v) is 15.6. The maximum atomic E-state index is 13.1. The lowest BCUT2D eigenvalue weighted by atomic mass is 9.99. The van der Waals surface area contributed by atoms with Gasteiger partial charge in [-0.3, -0.25) is 9.59 Å². The summed E-state index contributed by atoms with van der Waals surface area (Å²) in [6, 6.07) is 14.8. The van der Waals surface area contributed by atoms with E-state index in [1.54, 1.807) is 23.1 Å². The number of carbonyl (C=O) groups is 2. The number of carbonyl (C=O) groups excluding carboxylic acids is 2. The van der Waals surface area contributed by atoms with Crippen LogP contribution in [0.2, 0.25) is 0 Å². The van der Waals surface area contributed by atoms with Crippen LogP contribution in [0.1, 0.15) is 24.0 Å². The predicted molar refractivity (Wildman–Crippen MR) is 99.1 cm³/mol. The molecule has 1 fully saturated rings. The zero-order valence-electron chi connectivity index (χ0n) is 14.7. The Morgan fingerprint density at radius 1 is 0.926 bits per heavy atom. The van der Waals surface area contributed by atoms with Gasteiger partial charge < -0.3 is 4.90 Å². The lowest BCUT2D eigenvalue weighted by molar-refractivity contribution is -0.138. The molecule has 0 aromatic heterocycles. The van der Waals surface area contributed by atoms with Gasteiger partial charge in [-0.15, -0.1) is 0 Å². The van der Waals surface area contributed by atoms with Gasteiger partial charge in [0, 0.05) is 19.5 Å². The number of benzene rings is 2. The molecule has 27 heavy (non-hydrogen) atoms. The van der Waals surface area contributed by atoms with Crippen LogP contribution in [0.3, 0.4) is 0 Å². The number of hydrogen-bond acceptors (Lipinski definition) is 4. The second-order valence-electron chi connectivity index (χ2n) is 6.84. The fourth-order valence-corrected chi connectivity index (χ4v) is 5.41. The second-order valence-corrected chi connectivity index (χ2v) is 8.66. The summed E-state index contributed by atoms with van der Waals surface area (Å²) in [7, 11) is -4.04. The Bertz CT molecular complexity index is 988. The summed E-state index contributed by atoms with van der Waals surface area (Å²) in [6.45, 7) is 0.971. The van der Waals surface area contributed by atoms with Gasteiger partial charge in [0.25, 0.3) is 10.0 Å². The highest BCUT2D eigenvalue weighted by atomic mass is 32.2. The molecule has 2 aromatic carbocycles. The first kappa shape index (κ1) is 17.7. The maximum Gasteiger partial charge on any atom is 0.267 e. The van der Waals surface area contributed by atoms with Crippen molar-refractivity contribution in [3.8, 4) is 0 Å². The number of rotatable bonds is 3. The molecule has 2 aromatic rings. The summed E-state index contributed by atoms with van der Waals surface area (Å²) in [4.78, 5) is 27.2. The van der Waals surface area contributed by atoms with E-state index in [0.29, 0.717) is 13.1 Å². The summed E-state index contributed by atoms with van der Waals surface area (Å²) in [5.41, 5.74) is 2.27. The third kappa shape index (κ3) is 3.12. The maximum absolute atomic E-state index is 13.1. The predicted octanol–water partition coefficient (Wildman–Crippen LogP) is 1.95. The van der Waals surface area contributed by atoms with Gasteiger partial charge in [0.15, 0.2) is 0 Å². The minimum Gasteiger partial charge on any atom is -0.336 e. The minimum absolute atomic E-state index is 0.0297. The normalized spacial score (nSPS) is 19.9. The first-order valence-corrected chi connectivity index (χ1v) is 10.4. The molecule has 140 valence electrons. The van der Waals surface area contributed by atoms with Gasteiger partial charge in [0.2, 0.25) is 11.8 Å². The summed E-state index contributed by atoms with van der Waals surface area (Å²) in [5.74, 6) is -0.815. The van der Waals surface area contributed by atoms with Crippen molar-refractivity contribution < 1.29 is 18.0 Å². The molecular formula is C20H20N2O4S. The van der Waals surface area contributed by atoms with E-state index in [9.17, 15) is 18.0 Å². The molecule has 1 atom stereocenters. The number of amides is 2. The molecular weight excluding hydrogens is 364 g/mol. The molecule has 0 spiro atoms. The Labute approximate surface area is 158 Å². The van der Waals surface area contributed by atoms with Crippen LogP contribution in [0, 0.1) is 0 Å². The summed E-state index contributed by atoms with van der Waals surface area (Å²) < 4.78 is 26.7. The van der Waals surface area contributed by atoms with E-state index in [0.717, 1.165) is 16.3 Å². The number of sulfonamides is 1. The molecule has 2 aliphatic rings. The average Bonchev–Trinajstić information content (AvgIpc) is 3.10. The first-order valence-electron chi connectivity index (χ1n) is 8.96. The Morgan fingerprint density at radius 3 is 2.33 bits per heavy atom. The molecule has 0 unspecified atom stereocenters. The molecule has 2 aliphatic heterocycles.